The maximum atomic E-state index is 4.95. The molecule has 0 bridgehead atoms. The first-order valence-electron chi connectivity index (χ1n) is 10.1. The molecule has 4 nitrogen and oxygen atoms in total. The van der Waals surface area contributed by atoms with E-state index in [4.69, 9.17) is 4.98 Å². The Hall–Kier alpha value is -2.01. The maximum Gasteiger partial charge on any atom is 0.215 e. The van der Waals surface area contributed by atoms with Crippen LogP contribution in [0, 0.1) is 6.92 Å². The second-order valence-corrected chi connectivity index (χ2v) is 7.70. The molecule has 2 aromatic carbocycles. The number of benzene rings is 2. The van der Waals surface area contributed by atoms with Gasteiger partial charge in [0.25, 0.3) is 0 Å². The minimum atomic E-state index is 0. The van der Waals surface area contributed by atoms with E-state index in [0.29, 0.717) is 0 Å². The zero-order chi connectivity index (χ0) is 18.2. The Kier molecular flexibility index (Phi) is 6.89. The van der Waals surface area contributed by atoms with E-state index in [1.54, 1.807) is 0 Å². The van der Waals surface area contributed by atoms with Gasteiger partial charge < -0.3 is 9.47 Å². The number of imidazole rings is 2. The topological polar surface area (TPSA) is 25.5 Å². The minimum Gasteiger partial charge on any atom is -0.308 e. The molecule has 1 saturated heterocycles. The summed E-state index contributed by atoms with van der Waals surface area (Å²) in [4.78, 5) is 7.55. The van der Waals surface area contributed by atoms with Gasteiger partial charge in [-0.05, 0) is 50.6 Å². The van der Waals surface area contributed by atoms with Gasteiger partial charge in [-0.25, -0.2) is 4.98 Å². The first kappa shape index (κ1) is 21.7. The van der Waals surface area contributed by atoms with Crippen LogP contribution >= 0.6 is 24.8 Å². The summed E-state index contributed by atoms with van der Waals surface area (Å²) < 4.78 is 4.65. The van der Waals surface area contributed by atoms with Crippen LogP contribution in [0.5, 0.6) is 0 Å². The second-order valence-electron chi connectivity index (χ2n) is 7.70. The molecule has 0 N–H and O–H groups in total. The lowest BCUT2D eigenvalue weighted by molar-refractivity contribution is 0.222. The highest BCUT2D eigenvalue weighted by atomic mass is 35.5. The molecule has 5 rings (SSSR count). The quantitative estimate of drug-likeness (QED) is 0.421. The van der Waals surface area contributed by atoms with Crippen LogP contribution in [0.3, 0.4) is 0 Å². The van der Waals surface area contributed by atoms with Crippen LogP contribution in [-0.4, -0.2) is 38.5 Å². The molecule has 1 fully saturated rings. The molecule has 29 heavy (non-hydrogen) atoms. The Balaban J connectivity index is 0.00000120. The van der Waals surface area contributed by atoms with Crippen LogP contribution in [0.4, 0.5) is 0 Å². The molecule has 0 atom stereocenters. The van der Waals surface area contributed by atoms with Gasteiger partial charge in [0.05, 0.1) is 16.7 Å². The number of para-hydroxylation sites is 2. The molecule has 1 aliphatic rings. The summed E-state index contributed by atoms with van der Waals surface area (Å²) in [6.07, 6.45) is 6.30. The Morgan fingerprint density at radius 1 is 0.862 bits per heavy atom. The standard InChI is InChI=1S/C23H26N4.2ClH/c1-18-9-11-19(12-10-18)22-17-27-21-8-4-3-7-20(21)24-23(27)26(22)16-15-25-13-5-2-6-14-25;;/h3-4,7-12,17H,2,5-6,13-16H2,1H3;2*1H. The van der Waals surface area contributed by atoms with Gasteiger partial charge in [0.2, 0.25) is 5.78 Å². The fourth-order valence-electron chi connectivity index (χ4n) is 4.25. The lowest BCUT2D eigenvalue weighted by Crippen LogP contribution is -2.32. The average molecular weight is 431 g/mol. The summed E-state index contributed by atoms with van der Waals surface area (Å²) in [5.41, 5.74) is 6.04. The van der Waals surface area contributed by atoms with Crippen LogP contribution in [0.25, 0.3) is 28.1 Å². The van der Waals surface area contributed by atoms with Gasteiger partial charge in [-0.2, -0.15) is 0 Å². The number of halogens is 2. The summed E-state index contributed by atoms with van der Waals surface area (Å²) >= 11 is 0. The number of aryl methyl sites for hydroxylation is 1. The Labute approximate surface area is 184 Å². The molecule has 0 aliphatic carbocycles. The average Bonchev–Trinajstić information content (AvgIpc) is 3.24. The van der Waals surface area contributed by atoms with Crippen molar-refractivity contribution >= 4 is 41.6 Å². The highest BCUT2D eigenvalue weighted by Gasteiger charge is 2.17. The molecule has 0 radical (unpaired) electrons. The smallest absolute Gasteiger partial charge is 0.215 e. The second kappa shape index (κ2) is 9.21. The zero-order valence-electron chi connectivity index (χ0n) is 16.8. The van der Waals surface area contributed by atoms with Gasteiger partial charge in [-0.3, -0.25) is 4.40 Å². The van der Waals surface area contributed by atoms with E-state index in [0.717, 1.165) is 24.4 Å². The van der Waals surface area contributed by atoms with E-state index in [9.17, 15) is 0 Å². The van der Waals surface area contributed by atoms with Crippen LogP contribution in [0.1, 0.15) is 24.8 Å². The van der Waals surface area contributed by atoms with E-state index in [1.807, 2.05) is 0 Å². The maximum absolute atomic E-state index is 4.95. The van der Waals surface area contributed by atoms with Gasteiger partial charge in [0.15, 0.2) is 0 Å². The molecule has 0 amide bonds. The number of rotatable bonds is 4. The van der Waals surface area contributed by atoms with Crippen molar-refractivity contribution < 1.29 is 0 Å². The van der Waals surface area contributed by atoms with Crippen molar-refractivity contribution in [1.29, 1.82) is 0 Å². The fraction of sp³-hybridized carbons (Fsp3) is 0.348. The Morgan fingerprint density at radius 2 is 1.59 bits per heavy atom. The number of fused-ring (bicyclic) bond motifs is 3. The largest absolute Gasteiger partial charge is 0.308 e. The predicted molar refractivity (Wildman–Crippen MR) is 126 cm³/mol. The fourth-order valence-corrected chi connectivity index (χ4v) is 4.25. The third-order valence-electron chi connectivity index (χ3n) is 5.80. The molecule has 0 saturated carbocycles. The Bertz CT molecular complexity index is 1080. The van der Waals surface area contributed by atoms with Crippen molar-refractivity contribution in [1.82, 2.24) is 18.9 Å². The van der Waals surface area contributed by atoms with E-state index < -0.39 is 0 Å². The molecule has 154 valence electrons. The Morgan fingerprint density at radius 3 is 2.34 bits per heavy atom. The number of piperidine rings is 1. The van der Waals surface area contributed by atoms with Crippen LogP contribution in [0.2, 0.25) is 0 Å². The highest BCUT2D eigenvalue weighted by molar-refractivity contribution is 5.85. The van der Waals surface area contributed by atoms with Crippen LogP contribution in [-0.2, 0) is 6.54 Å². The lowest BCUT2D eigenvalue weighted by Gasteiger charge is -2.26. The first-order chi connectivity index (χ1) is 13.3. The molecule has 2 aromatic heterocycles. The first-order valence-corrected chi connectivity index (χ1v) is 10.1. The summed E-state index contributed by atoms with van der Waals surface area (Å²) in [5.74, 6) is 1.05. The molecule has 0 unspecified atom stereocenters. The van der Waals surface area contributed by atoms with E-state index >= 15 is 0 Å². The van der Waals surface area contributed by atoms with Gasteiger partial charge in [0.1, 0.15) is 0 Å². The van der Waals surface area contributed by atoms with E-state index in [1.165, 1.54) is 54.7 Å². The number of aromatic nitrogens is 3. The molecule has 4 aromatic rings. The van der Waals surface area contributed by atoms with Gasteiger partial charge >= 0.3 is 0 Å². The van der Waals surface area contributed by atoms with Crippen LogP contribution in [0.15, 0.2) is 54.7 Å². The van der Waals surface area contributed by atoms with E-state index in [-0.39, 0.29) is 24.8 Å². The zero-order valence-corrected chi connectivity index (χ0v) is 18.4. The number of hydrogen-bond donors (Lipinski definition) is 0. The molecular formula is C23H28Cl2N4. The van der Waals surface area contributed by atoms with Gasteiger partial charge in [-0.1, -0.05) is 48.4 Å². The van der Waals surface area contributed by atoms with Crippen molar-refractivity contribution in [2.24, 2.45) is 0 Å². The molecular weight excluding hydrogens is 403 g/mol. The lowest BCUT2D eigenvalue weighted by atomic mass is 10.1. The van der Waals surface area contributed by atoms with Crippen molar-refractivity contribution in [2.75, 3.05) is 19.6 Å². The number of hydrogen-bond acceptors (Lipinski definition) is 2. The molecule has 0 spiro atoms. The number of nitrogens with zero attached hydrogens (tertiary/aromatic N) is 4. The molecule has 1 aliphatic heterocycles. The third-order valence-corrected chi connectivity index (χ3v) is 5.80. The monoisotopic (exact) mass is 430 g/mol. The highest BCUT2D eigenvalue weighted by Crippen LogP contribution is 2.27. The molecule has 6 heteroatoms. The van der Waals surface area contributed by atoms with E-state index in [2.05, 4.69) is 75.5 Å². The summed E-state index contributed by atoms with van der Waals surface area (Å²) in [6.45, 7) is 6.66. The van der Waals surface area contributed by atoms with Crippen molar-refractivity contribution in [3.05, 3.63) is 60.3 Å². The van der Waals surface area contributed by atoms with Gasteiger partial charge in [0, 0.05) is 19.3 Å². The third kappa shape index (κ3) is 4.16. The van der Waals surface area contributed by atoms with Crippen LogP contribution < -0.4 is 0 Å². The number of likely N-dealkylation sites (tertiary alicyclic amines) is 1. The van der Waals surface area contributed by atoms with Crippen molar-refractivity contribution in [2.45, 2.75) is 32.7 Å². The SMILES string of the molecule is Cc1ccc(-c2cn3c4ccccc4nc3n2CCN2CCCCC2)cc1.Cl.Cl. The summed E-state index contributed by atoms with van der Waals surface area (Å²) in [6, 6.07) is 17.2. The van der Waals surface area contributed by atoms with Crippen molar-refractivity contribution in [3.63, 3.8) is 0 Å². The van der Waals surface area contributed by atoms with Gasteiger partial charge in [-0.15, -0.1) is 24.8 Å². The van der Waals surface area contributed by atoms with Crippen molar-refractivity contribution in [3.8, 4) is 11.3 Å². The summed E-state index contributed by atoms with van der Waals surface area (Å²) in [7, 11) is 0. The molecule has 3 heterocycles. The predicted octanol–water partition coefficient (Wildman–Crippen LogP) is 5.59. The summed E-state index contributed by atoms with van der Waals surface area (Å²) in [5, 5.41) is 0. The normalized spacial score (nSPS) is 14.7. The minimum absolute atomic E-state index is 0.